The molecule has 0 aliphatic heterocycles. The molecule has 0 radical (unpaired) electrons. The van der Waals surface area contributed by atoms with E-state index < -0.39 is 0 Å². The number of hydrogen-bond acceptors (Lipinski definition) is 3. The highest BCUT2D eigenvalue weighted by molar-refractivity contribution is 6.36. The maximum Gasteiger partial charge on any atom is 0.115 e. The summed E-state index contributed by atoms with van der Waals surface area (Å²) in [6.45, 7) is 3.96. The van der Waals surface area contributed by atoms with Gasteiger partial charge in [0.2, 0.25) is 0 Å². The van der Waals surface area contributed by atoms with E-state index in [4.69, 9.17) is 39.9 Å². The molecule has 144 valence electrons. The Kier molecular flexibility index (Phi) is 4.73. The second-order valence-electron chi connectivity index (χ2n) is 6.59. The van der Waals surface area contributed by atoms with Crippen LogP contribution in [-0.2, 0) is 14.1 Å². The Labute approximate surface area is 177 Å². The van der Waals surface area contributed by atoms with Crippen LogP contribution in [0.15, 0.2) is 30.6 Å². The summed E-state index contributed by atoms with van der Waals surface area (Å²) in [5, 5.41) is 15.0. The van der Waals surface area contributed by atoms with Crippen molar-refractivity contribution in [3.8, 4) is 28.2 Å². The summed E-state index contributed by atoms with van der Waals surface area (Å²) < 4.78 is 5.34. The van der Waals surface area contributed by atoms with Crippen LogP contribution in [0.25, 0.3) is 28.2 Å². The zero-order valence-corrected chi connectivity index (χ0v) is 18.0. The van der Waals surface area contributed by atoms with Crippen LogP contribution in [0.4, 0.5) is 0 Å². The van der Waals surface area contributed by atoms with E-state index in [-0.39, 0.29) is 0 Å². The SMILES string of the molecule is Cc1c(-c2nn(-c3cc(Cl)cc(Cl)c3)c(-c3cnn(C)c3C)c2Cl)cnn1C. The molecule has 0 N–H and O–H groups in total. The van der Waals surface area contributed by atoms with Crippen molar-refractivity contribution in [3.05, 3.63) is 57.0 Å². The van der Waals surface area contributed by atoms with Gasteiger partial charge in [-0.2, -0.15) is 15.3 Å². The first-order valence-corrected chi connectivity index (χ1v) is 9.64. The van der Waals surface area contributed by atoms with Crippen LogP contribution >= 0.6 is 34.8 Å². The van der Waals surface area contributed by atoms with E-state index in [1.807, 2.05) is 27.9 Å². The predicted octanol–water partition coefficient (Wildman–Crippen LogP) is 5.25. The topological polar surface area (TPSA) is 53.5 Å². The second-order valence-corrected chi connectivity index (χ2v) is 7.84. The molecule has 0 amide bonds. The largest absolute Gasteiger partial charge is 0.272 e. The first kappa shape index (κ1) is 19.1. The third-order valence-corrected chi connectivity index (χ3v) is 5.69. The number of aromatic nitrogens is 6. The molecular formula is C19H17Cl3N6. The molecule has 1 aromatic carbocycles. The summed E-state index contributed by atoms with van der Waals surface area (Å²) in [6, 6.07) is 5.27. The molecule has 0 fully saturated rings. The molecule has 0 spiro atoms. The van der Waals surface area contributed by atoms with E-state index in [1.165, 1.54) is 0 Å². The van der Waals surface area contributed by atoms with Crippen LogP contribution in [0, 0.1) is 13.8 Å². The monoisotopic (exact) mass is 434 g/mol. The average molecular weight is 436 g/mol. The van der Waals surface area contributed by atoms with Crippen LogP contribution in [0.5, 0.6) is 0 Å². The molecule has 0 aliphatic rings. The van der Waals surface area contributed by atoms with Gasteiger partial charge in [0.1, 0.15) is 5.69 Å². The van der Waals surface area contributed by atoms with Crippen LogP contribution < -0.4 is 0 Å². The van der Waals surface area contributed by atoms with Crippen LogP contribution in [0.2, 0.25) is 15.1 Å². The minimum Gasteiger partial charge on any atom is -0.272 e. The Morgan fingerprint density at radius 2 is 1.32 bits per heavy atom. The molecule has 6 nitrogen and oxygen atoms in total. The lowest BCUT2D eigenvalue weighted by molar-refractivity contribution is 0.740. The maximum atomic E-state index is 6.87. The zero-order chi connectivity index (χ0) is 20.2. The van der Waals surface area contributed by atoms with Crippen LogP contribution in [-0.4, -0.2) is 29.3 Å². The van der Waals surface area contributed by atoms with Gasteiger partial charge in [-0.15, -0.1) is 0 Å². The summed E-state index contributed by atoms with van der Waals surface area (Å²) in [7, 11) is 3.77. The van der Waals surface area contributed by atoms with Gasteiger partial charge in [-0.1, -0.05) is 34.8 Å². The van der Waals surface area contributed by atoms with Gasteiger partial charge < -0.3 is 0 Å². The Bertz CT molecular complexity index is 1180. The quantitative estimate of drug-likeness (QED) is 0.441. The van der Waals surface area contributed by atoms with E-state index in [0.717, 1.165) is 28.2 Å². The lowest BCUT2D eigenvalue weighted by atomic mass is 10.1. The van der Waals surface area contributed by atoms with Crippen molar-refractivity contribution in [2.45, 2.75) is 13.8 Å². The second kappa shape index (κ2) is 6.95. The highest BCUT2D eigenvalue weighted by Crippen LogP contribution is 2.40. The number of halogens is 3. The fourth-order valence-corrected chi connectivity index (χ4v) is 3.95. The molecule has 9 heteroatoms. The average Bonchev–Trinajstić information content (AvgIpc) is 3.25. The number of rotatable bonds is 3. The number of nitrogens with zero attached hydrogens (tertiary/aromatic N) is 6. The zero-order valence-electron chi connectivity index (χ0n) is 15.7. The summed E-state index contributed by atoms with van der Waals surface area (Å²) in [5.41, 5.74) is 5.75. The third-order valence-electron chi connectivity index (χ3n) is 4.90. The van der Waals surface area contributed by atoms with Crippen molar-refractivity contribution in [2.75, 3.05) is 0 Å². The molecule has 0 aliphatic carbocycles. The summed E-state index contributed by atoms with van der Waals surface area (Å²) in [6.07, 6.45) is 3.54. The minimum absolute atomic E-state index is 0.516. The standard InChI is InChI=1S/C19H17Cl3N6/c1-10-15(8-23-26(10)3)18-17(22)19(16-9-24-27(4)11(16)2)28(25-18)14-6-12(20)5-13(21)7-14/h5-9H,1-4H3. The smallest absolute Gasteiger partial charge is 0.115 e. The van der Waals surface area contributed by atoms with Gasteiger partial charge in [-0.25, -0.2) is 4.68 Å². The van der Waals surface area contributed by atoms with E-state index in [9.17, 15) is 0 Å². The summed E-state index contributed by atoms with van der Waals surface area (Å²) >= 11 is 19.3. The molecule has 0 unspecified atom stereocenters. The molecule has 3 aromatic heterocycles. The third kappa shape index (κ3) is 3.02. The van der Waals surface area contributed by atoms with Crippen molar-refractivity contribution < 1.29 is 0 Å². The van der Waals surface area contributed by atoms with Gasteiger partial charge in [0.25, 0.3) is 0 Å². The van der Waals surface area contributed by atoms with E-state index >= 15 is 0 Å². The Morgan fingerprint density at radius 3 is 1.82 bits per heavy atom. The molecular weight excluding hydrogens is 419 g/mol. The molecule has 28 heavy (non-hydrogen) atoms. The van der Waals surface area contributed by atoms with Crippen molar-refractivity contribution in [3.63, 3.8) is 0 Å². The van der Waals surface area contributed by atoms with Crippen molar-refractivity contribution in [2.24, 2.45) is 14.1 Å². The normalized spacial score (nSPS) is 11.4. The van der Waals surface area contributed by atoms with Gasteiger partial charge in [-0.05, 0) is 32.0 Å². The van der Waals surface area contributed by atoms with Crippen molar-refractivity contribution in [1.82, 2.24) is 29.3 Å². The number of aryl methyl sites for hydroxylation is 2. The van der Waals surface area contributed by atoms with E-state index in [2.05, 4.69) is 10.2 Å². The van der Waals surface area contributed by atoms with Gasteiger partial charge in [0.05, 0.1) is 28.8 Å². The first-order chi connectivity index (χ1) is 13.3. The van der Waals surface area contributed by atoms with Crippen LogP contribution in [0.3, 0.4) is 0 Å². The molecule has 0 saturated carbocycles. The number of benzene rings is 1. The molecule has 0 atom stereocenters. The fraction of sp³-hybridized carbons (Fsp3) is 0.211. The Hall–Kier alpha value is -2.28. The number of hydrogen-bond donors (Lipinski definition) is 0. The summed E-state index contributed by atoms with van der Waals surface area (Å²) in [4.78, 5) is 0. The first-order valence-electron chi connectivity index (χ1n) is 8.51. The van der Waals surface area contributed by atoms with Crippen molar-refractivity contribution in [1.29, 1.82) is 0 Å². The van der Waals surface area contributed by atoms with E-state index in [0.29, 0.717) is 26.4 Å². The minimum atomic E-state index is 0.516. The lowest BCUT2D eigenvalue weighted by Gasteiger charge is -2.09. The lowest BCUT2D eigenvalue weighted by Crippen LogP contribution is -2.01. The summed E-state index contributed by atoms with van der Waals surface area (Å²) in [5.74, 6) is 0. The highest BCUT2D eigenvalue weighted by Gasteiger charge is 2.25. The molecule has 4 aromatic rings. The van der Waals surface area contributed by atoms with Gasteiger partial charge >= 0.3 is 0 Å². The Morgan fingerprint density at radius 1 is 0.786 bits per heavy atom. The van der Waals surface area contributed by atoms with E-state index in [1.54, 1.807) is 44.6 Å². The van der Waals surface area contributed by atoms with Crippen molar-refractivity contribution >= 4 is 34.8 Å². The van der Waals surface area contributed by atoms with Gasteiger partial charge in [-0.3, -0.25) is 9.36 Å². The van der Waals surface area contributed by atoms with Gasteiger partial charge in [0.15, 0.2) is 0 Å². The van der Waals surface area contributed by atoms with Gasteiger partial charge in [0, 0.05) is 46.7 Å². The molecule has 0 saturated heterocycles. The van der Waals surface area contributed by atoms with Crippen LogP contribution in [0.1, 0.15) is 11.4 Å². The fourth-order valence-electron chi connectivity index (χ4n) is 3.11. The molecule has 3 heterocycles. The highest BCUT2D eigenvalue weighted by atomic mass is 35.5. The maximum absolute atomic E-state index is 6.87. The molecule has 0 bridgehead atoms. The predicted molar refractivity (Wildman–Crippen MR) is 112 cm³/mol. The Balaban J connectivity index is 2.05. The molecule has 4 rings (SSSR count).